The Balaban J connectivity index is 1.49. The van der Waals surface area contributed by atoms with Crippen molar-refractivity contribution in [2.45, 2.75) is 32.3 Å². The van der Waals surface area contributed by atoms with Gasteiger partial charge in [0.25, 0.3) is 0 Å². The van der Waals surface area contributed by atoms with Gasteiger partial charge >= 0.3 is 0 Å². The number of anilines is 2. The first-order valence-electron chi connectivity index (χ1n) is 9.23. The zero-order chi connectivity index (χ0) is 17.9. The summed E-state index contributed by atoms with van der Waals surface area (Å²) in [7, 11) is 0. The number of aromatic nitrogens is 2. The molecular formula is C20H23N5O. The summed E-state index contributed by atoms with van der Waals surface area (Å²) in [6.07, 6.45) is 6.95. The van der Waals surface area contributed by atoms with Crippen molar-refractivity contribution < 1.29 is 4.74 Å². The second-order valence-corrected chi connectivity index (χ2v) is 6.95. The molecule has 2 aliphatic rings. The topological polar surface area (TPSA) is 65.3 Å². The van der Waals surface area contributed by atoms with Gasteiger partial charge in [-0.25, -0.2) is 4.98 Å². The lowest BCUT2D eigenvalue weighted by Crippen LogP contribution is -2.26. The Hall–Kier alpha value is -2.81. The summed E-state index contributed by atoms with van der Waals surface area (Å²) < 4.78 is 6.33. The fraction of sp³-hybridized carbons (Fsp3) is 0.450. The zero-order valence-electron chi connectivity index (χ0n) is 15.1. The summed E-state index contributed by atoms with van der Waals surface area (Å²) in [5.74, 6) is 1.83. The number of ether oxygens (including phenoxy) is 1. The highest BCUT2D eigenvalue weighted by Gasteiger charge is 2.28. The highest BCUT2D eigenvalue weighted by molar-refractivity contribution is 5.60. The smallest absolute Gasteiger partial charge is 0.171 e. The molecule has 0 saturated carbocycles. The van der Waals surface area contributed by atoms with Crippen LogP contribution in [-0.4, -0.2) is 42.3 Å². The SMILES string of the molecule is Cc1cc(N2CCC(Oc3cccnc3N3CCCC3)C2)c(C#N)cn1. The van der Waals surface area contributed by atoms with E-state index in [9.17, 15) is 5.26 Å². The monoisotopic (exact) mass is 349 g/mol. The van der Waals surface area contributed by atoms with E-state index in [1.54, 1.807) is 6.20 Å². The molecular weight excluding hydrogens is 326 g/mol. The Morgan fingerprint density at radius 1 is 1.19 bits per heavy atom. The molecule has 0 amide bonds. The number of hydrogen-bond donors (Lipinski definition) is 0. The van der Waals surface area contributed by atoms with E-state index in [-0.39, 0.29) is 6.10 Å². The minimum Gasteiger partial charge on any atom is -0.485 e. The van der Waals surface area contributed by atoms with Gasteiger partial charge in [0.1, 0.15) is 12.2 Å². The lowest BCUT2D eigenvalue weighted by molar-refractivity contribution is 0.224. The van der Waals surface area contributed by atoms with E-state index in [4.69, 9.17) is 4.74 Å². The zero-order valence-corrected chi connectivity index (χ0v) is 15.1. The summed E-state index contributed by atoms with van der Waals surface area (Å²) >= 11 is 0. The van der Waals surface area contributed by atoms with Crippen molar-refractivity contribution in [1.82, 2.24) is 9.97 Å². The average molecular weight is 349 g/mol. The first-order valence-corrected chi connectivity index (χ1v) is 9.23. The summed E-state index contributed by atoms with van der Waals surface area (Å²) in [5.41, 5.74) is 2.50. The summed E-state index contributed by atoms with van der Waals surface area (Å²) in [4.78, 5) is 13.3. The van der Waals surface area contributed by atoms with Crippen molar-refractivity contribution in [3.8, 4) is 11.8 Å². The maximum atomic E-state index is 9.37. The molecule has 0 aromatic carbocycles. The molecule has 0 aliphatic carbocycles. The lowest BCUT2D eigenvalue weighted by Gasteiger charge is -2.23. The lowest BCUT2D eigenvalue weighted by atomic mass is 10.2. The van der Waals surface area contributed by atoms with Crippen LogP contribution in [0.1, 0.15) is 30.5 Å². The molecule has 0 N–H and O–H groups in total. The quantitative estimate of drug-likeness (QED) is 0.846. The molecule has 0 bridgehead atoms. The van der Waals surface area contributed by atoms with Crippen molar-refractivity contribution >= 4 is 11.5 Å². The third-order valence-corrected chi connectivity index (χ3v) is 5.08. The van der Waals surface area contributed by atoms with E-state index < -0.39 is 0 Å². The van der Waals surface area contributed by atoms with Crippen LogP contribution < -0.4 is 14.5 Å². The van der Waals surface area contributed by atoms with E-state index in [0.29, 0.717) is 5.56 Å². The standard InChI is InChI=1S/C20H23N5O/c1-15-11-18(16(12-21)13-23-15)25-10-6-17(14-25)26-19-5-4-7-22-20(19)24-8-2-3-9-24/h4-5,7,11,13,17H,2-3,6,8-10,14H2,1H3. The van der Waals surface area contributed by atoms with Gasteiger partial charge in [-0.2, -0.15) is 5.26 Å². The highest BCUT2D eigenvalue weighted by atomic mass is 16.5. The van der Waals surface area contributed by atoms with Gasteiger partial charge in [-0.05, 0) is 38.0 Å². The molecule has 0 radical (unpaired) electrons. The third kappa shape index (κ3) is 3.30. The van der Waals surface area contributed by atoms with Gasteiger partial charge < -0.3 is 14.5 Å². The molecule has 2 aliphatic heterocycles. The van der Waals surface area contributed by atoms with Crippen LogP contribution in [-0.2, 0) is 0 Å². The number of hydrogen-bond acceptors (Lipinski definition) is 6. The first kappa shape index (κ1) is 16.6. The van der Waals surface area contributed by atoms with E-state index in [0.717, 1.165) is 55.5 Å². The summed E-state index contributed by atoms with van der Waals surface area (Å²) in [5, 5.41) is 9.37. The molecule has 6 nitrogen and oxygen atoms in total. The second kappa shape index (κ2) is 7.20. The van der Waals surface area contributed by atoms with Gasteiger partial charge in [-0.1, -0.05) is 0 Å². The van der Waals surface area contributed by atoms with Crippen LogP contribution in [0.25, 0.3) is 0 Å². The average Bonchev–Trinajstić information content (AvgIpc) is 3.34. The predicted molar refractivity (Wildman–Crippen MR) is 101 cm³/mol. The van der Waals surface area contributed by atoms with Crippen molar-refractivity contribution in [3.05, 3.63) is 41.9 Å². The van der Waals surface area contributed by atoms with E-state index in [2.05, 4.69) is 25.8 Å². The minimum absolute atomic E-state index is 0.0977. The Bertz CT molecular complexity index is 825. The van der Waals surface area contributed by atoms with Crippen LogP contribution in [0.2, 0.25) is 0 Å². The first-order chi connectivity index (χ1) is 12.7. The van der Waals surface area contributed by atoms with Gasteiger partial charge in [0.15, 0.2) is 11.6 Å². The molecule has 2 aromatic heterocycles. The van der Waals surface area contributed by atoms with Gasteiger partial charge in [0, 0.05) is 44.1 Å². The van der Waals surface area contributed by atoms with E-state index >= 15 is 0 Å². The van der Waals surface area contributed by atoms with Crippen molar-refractivity contribution in [3.63, 3.8) is 0 Å². The largest absolute Gasteiger partial charge is 0.485 e. The van der Waals surface area contributed by atoms with Crippen LogP contribution in [0, 0.1) is 18.3 Å². The molecule has 26 heavy (non-hydrogen) atoms. The van der Waals surface area contributed by atoms with E-state index in [1.807, 2.05) is 31.3 Å². The van der Waals surface area contributed by atoms with Gasteiger partial charge in [-0.15, -0.1) is 0 Å². The minimum atomic E-state index is 0.0977. The number of rotatable bonds is 4. The third-order valence-electron chi connectivity index (χ3n) is 5.08. The maximum absolute atomic E-state index is 9.37. The molecule has 1 atom stereocenters. The van der Waals surface area contributed by atoms with Crippen LogP contribution in [0.15, 0.2) is 30.6 Å². The van der Waals surface area contributed by atoms with Gasteiger partial charge in [0.2, 0.25) is 0 Å². The molecule has 134 valence electrons. The molecule has 0 spiro atoms. The molecule has 1 unspecified atom stereocenters. The van der Waals surface area contributed by atoms with Crippen LogP contribution in [0.4, 0.5) is 11.5 Å². The second-order valence-electron chi connectivity index (χ2n) is 6.95. The van der Waals surface area contributed by atoms with Crippen LogP contribution >= 0.6 is 0 Å². The molecule has 4 heterocycles. The van der Waals surface area contributed by atoms with Gasteiger partial charge in [0.05, 0.1) is 17.8 Å². The van der Waals surface area contributed by atoms with Crippen LogP contribution in [0.5, 0.6) is 5.75 Å². The molecule has 6 heteroatoms. The summed E-state index contributed by atoms with van der Waals surface area (Å²) in [6, 6.07) is 8.18. The highest BCUT2D eigenvalue weighted by Crippen LogP contribution is 2.32. The Morgan fingerprint density at radius 2 is 2.04 bits per heavy atom. The normalized spacial score (nSPS) is 19.6. The summed E-state index contributed by atoms with van der Waals surface area (Å²) in [6.45, 7) is 5.69. The van der Waals surface area contributed by atoms with Crippen molar-refractivity contribution in [1.29, 1.82) is 5.26 Å². The number of nitriles is 1. The molecule has 4 rings (SSSR count). The predicted octanol–water partition coefficient (Wildman–Crippen LogP) is 2.91. The Morgan fingerprint density at radius 3 is 2.85 bits per heavy atom. The number of aryl methyl sites for hydroxylation is 1. The maximum Gasteiger partial charge on any atom is 0.171 e. The molecule has 2 saturated heterocycles. The Kier molecular flexibility index (Phi) is 4.61. The fourth-order valence-electron chi connectivity index (χ4n) is 3.76. The van der Waals surface area contributed by atoms with Crippen molar-refractivity contribution in [2.75, 3.05) is 36.0 Å². The fourth-order valence-corrected chi connectivity index (χ4v) is 3.76. The number of pyridine rings is 2. The Labute approximate surface area is 154 Å². The van der Waals surface area contributed by atoms with Crippen molar-refractivity contribution in [2.24, 2.45) is 0 Å². The van der Waals surface area contributed by atoms with Gasteiger partial charge in [-0.3, -0.25) is 4.98 Å². The molecule has 2 fully saturated rings. The number of nitrogens with zero attached hydrogens (tertiary/aromatic N) is 5. The van der Waals surface area contributed by atoms with E-state index in [1.165, 1.54) is 12.8 Å². The van der Waals surface area contributed by atoms with Crippen LogP contribution in [0.3, 0.4) is 0 Å². The molecule has 2 aromatic rings.